The Morgan fingerprint density at radius 1 is 1.00 bits per heavy atom. The third-order valence-electron chi connectivity index (χ3n) is 6.28. The first-order valence-corrected chi connectivity index (χ1v) is 10.7. The number of pyridine rings is 1. The average Bonchev–Trinajstić information content (AvgIpc) is 3.27. The van der Waals surface area contributed by atoms with Crippen molar-refractivity contribution in [3.63, 3.8) is 0 Å². The maximum atomic E-state index is 13.9. The molecule has 5 rings (SSSR count). The van der Waals surface area contributed by atoms with Crippen molar-refractivity contribution in [2.45, 2.75) is 45.6 Å². The molecule has 2 aromatic heterocycles. The van der Waals surface area contributed by atoms with Gasteiger partial charge in [-0.3, -0.25) is 14.3 Å². The van der Waals surface area contributed by atoms with Crippen molar-refractivity contribution in [1.29, 1.82) is 0 Å². The van der Waals surface area contributed by atoms with E-state index in [-0.39, 0.29) is 17.3 Å². The number of methoxy groups -OCH3 is 1. The standard InChI is InChI=1S/C25H25N3O3/c1-15-11-16(2)13-18(12-15)28-24(29)20-14-26-22-19(9-6-10-21(22)31-3)23(20)27(25(28)30)17-7-4-5-8-17/h6,9-14,17H,4-5,7-8H2,1-3H3. The summed E-state index contributed by atoms with van der Waals surface area (Å²) in [6.07, 6.45) is 5.59. The molecule has 158 valence electrons. The lowest BCUT2D eigenvalue weighted by molar-refractivity contribution is 0.419. The summed E-state index contributed by atoms with van der Waals surface area (Å²) in [4.78, 5) is 32.1. The number of hydrogen-bond donors (Lipinski definition) is 0. The smallest absolute Gasteiger partial charge is 0.336 e. The van der Waals surface area contributed by atoms with Crippen LogP contribution in [0, 0.1) is 13.8 Å². The summed E-state index contributed by atoms with van der Waals surface area (Å²) in [5, 5.41) is 1.22. The minimum Gasteiger partial charge on any atom is -0.494 e. The monoisotopic (exact) mass is 415 g/mol. The fraction of sp³-hybridized carbons (Fsp3) is 0.320. The molecule has 1 aliphatic carbocycles. The molecule has 0 radical (unpaired) electrons. The Kier molecular flexibility index (Phi) is 4.65. The molecule has 2 aromatic carbocycles. The van der Waals surface area contributed by atoms with E-state index in [0.717, 1.165) is 42.2 Å². The summed E-state index contributed by atoms with van der Waals surface area (Å²) in [6.45, 7) is 3.94. The molecule has 0 saturated heterocycles. The lowest BCUT2D eigenvalue weighted by Gasteiger charge is -2.21. The van der Waals surface area contributed by atoms with Gasteiger partial charge in [-0.2, -0.15) is 0 Å². The zero-order chi connectivity index (χ0) is 21.7. The molecular formula is C25H25N3O3. The maximum Gasteiger partial charge on any atom is 0.336 e. The van der Waals surface area contributed by atoms with Crippen LogP contribution in [0.2, 0.25) is 0 Å². The van der Waals surface area contributed by atoms with Crippen molar-refractivity contribution in [2.75, 3.05) is 7.11 Å². The lowest BCUT2D eigenvalue weighted by Crippen LogP contribution is -2.40. The predicted octanol–water partition coefficient (Wildman–Crippen LogP) is 4.44. The number of benzene rings is 2. The third kappa shape index (κ3) is 3.05. The Balaban J connectivity index is 1.97. The molecule has 6 nitrogen and oxygen atoms in total. The zero-order valence-electron chi connectivity index (χ0n) is 18.0. The van der Waals surface area contributed by atoms with E-state index in [0.29, 0.717) is 27.9 Å². The highest BCUT2D eigenvalue weighted by Gasteiger charge is 2.25. The number of nitrogens with zero attached hydrogens (tertiary/aromatic N) is 3. The molecule has 1 saturated carbocycles. The molecule has 1 fully saturated rings. The van der Waals surface area contributed by atoms with Gasteiger partial charge in [-0.15, -0.1) is 0 Å². The highest BCUT2D eigenvalue weighted by Crippen LogP contribution is 2.34. The first-order chi connectivity index (χ1) is 15.0. The molecule has 0 aliphatic heterocycles. The highest BCUT2D eigenvalue weighted by atomic mass is 16.5. The summed E-state index contributed by atoms with van der Waals surface area (Å²) in [6, 6.07) is 11.5. The quantitative estimate of drug-likeness (QED) is 0.464. The molecule has 0 bridgehead atoms. The topological polar surface area (TPSA) is 66.1 Å². The van der Waals surface area contributed by atoms with E-state index in [1.807, 2.05) is 54.8 Å². The molecule has 4 aromatic rings. The fourth-order valence-corrected chi connectivity index (χ4v) is 4.98. The molecule has 2 heterocycles. The Morgan fingerprint density at radius 3 is 2.39 bits per heavy atom. The summed E-state index contributed by atoms with van der Waals surface area (Å²) in [7, 11) is 1.60. The summed E-state index contributed by atoms with van der Waals surface area (Å²) < 4.78 is 8.64. The van der Waals surface area contributed by atoms with Gasteiger partial charge in [-0.05, 0) is 56.0 Å². The fourth-order valence-electron chi connectivity index (χ4n) is 4.98. The average molecular weight is 415 g/mol. The summed E-state index contributed by atoms with van der Waals surface area (Å²) in [5.74, 6) is 0.628. The highest BCUT2D eigenvalue weighted by molar-refractivity contribution is 6.05. The first kappa shape index (κ1) is 19.5. The van der Waals surface area contributed by atoms with Crippen LogP contribution in [0.5, 0.6) is 5.75 Å². The van der Waals surface area contributed by atoms with Crippen molar-refractivity contribution in [1.82, 2.24) is 14.1 Å². The maximum absolute atomic E-state index is 13.9. The Bertz CT molecular complexity index is 1420. The van der Waals surface area contributed by atoms with Crippen molar-refractivity contribution >= 4 is 21.8 Å². The minimum atomic E-state index is -0.337. The van der Waals surface area contributed by atoms with Crippen LogP contribution in [-0.4, -0.2) is 21.2 Å². The van der Waals surface area contributed by atoms with Crippen LogP contribution in [0.15, 0.2) is 52.2 Å². The first-order valence-electron chi connectivity index (χ1n) is 10.7. The molecule has 6 heteroatoms. The van der Waals surface area contributed by atoms with Gasteiger partial charge in [0.25, 0.3) is 5.56 Å². The predicted molar refractivity (Wildman–Crippen MR) is 123 cm³/mol. The Hall–Kier alpha value is -3.41. The van der Waals surface area contributed by atoms with Crippen LogP contribution in [0.4, 0.5) is 0 Å². The van der Waals surface area contributed by atoms with Crippen LogP contribution < -0.4 is 16.0 Å². The largest absolute Gasteiger partial charge is 0.494 e. The number of para-hydroxylation sites is 1. The van der Waals surface area contributed by atoms with Crippen molar-refractivity contribution in [3.8, 4) is 11.4 Å². The van der Waals surface area contributed by atoms with Gasteiger partial charge in [0.05, 0.1) is 23.7 Å². The molecular weight excluding hydrogens is 390 g/mol. The molecule has 1 aliphatic rings. The summed E-state index contributed by atoms with van der Waals surface area (Å²) in [5.41, 5.74) is 3.32. The molecule has 0 unspecified atom stereocenters. The van der Waals surface area contributed by atoms with Gasteiger partial charge in [-0.25, -0.2) is 9.36 Å². The Labute approximate surface area is 179 Å². The van der Waals surface area contributed by atoms with E-state index in [2.05, 4.69) is 4.98 Å². The van der Waals surface area contributed by atoms with Gasteiger partial charge in [0, 0.05) is 17.6 Å². The van der Waals surface area contributed by atoms with Gasteiger partial charge >= 0.3 is 5.69 Å². The second kappa shape index (κ2) is 7.38. The van der Waals surface area contributed by atoms with E-state index < -0.39 is 0 Å². The molecule has 31 heavy (non-hydrogen) atoms. The van der Waals surface area contributed by atoms with Crippen molar-refractivity contribution in [2.24, 2.45) is 0 Å². The van der Waals surface area contributed by atoms with Crippen molar-refractivity contribution in [3.05, 3.63) is 74.6 Å². The molecule has 0 N–H and O–H groups in total. The molecule has 0 amide bonds. The van der Waals surface area contributed by atoms with Gasteiger partial charge in [0.15, 0.2) is 0 Å². The van der Waals surface area contributed by atoms with E-state index in [9.17, 15) is 9.59 Å². The van der Waals surface area contributed by atoms with Gasteiger partial charge in [0.2, 0.25) is 0 Å². The van der Waals surface area contributed by atoms with E-state index >= 15 is 0 Å². The van der Waals surface area contributed by atoms with E-state index in [1.54, 1.807) is 13.3 Å². The van der Waals surface area contributed by atoms with Crippen LogP contribution >= 0.6 is 0 Å². The van der Waals surface area contributed by atoms with Crippen LogP contribution in [-0.2, 0) is 0 Å². The van der Waals surface area contributed by atoms with Gasteiger partial charge in [-0.1, -0.05) is 31.0 Å². The summed E-state index contributed by atoms with van der Waals surface area (Å²) >= 11 is 0. The van der Waals surface area contributed by atoms with Crippen LogP contribution in [0.1, 0.15) is 42.9 Å². The van der Waals surface area contributed by atoms with Gasteiger partial charge < -0.3 is 4.74 Å². The number of aryl methyl sites for hydroxylation is 2. The number of fused-ring (bicyclic) bond motifs is 3. The number of aromatic nitrogens is 3. The molecule has 0 spiro atoms. The van der Waals surface area contributed by atoms with E-state index in [1.165, 1.54) is 4.57 Å². The van der Waals surface area contributed by atoms with Crippen LogP contribution in [0.25, 0.3) is 27.5 Å². The van der Waals surface area contributed by atoms with Crippen molar-refractivity contribution < 1.29 is 4.74 Å². The number of hydrogen-bond acceptors (Lipinski definition) is 4. The second-order valence-electron chi connectivity index (χ2n) is 8.45. The number of ether oxygens (including phenoxy) is 1. The molecule has 0 atom stereocenters. The van der Waals surface area contributed by atoms with E-state index in [4.69, 9.17) is 4.74 Å². The van der Waals surface area contributed by atoms with Gasteiger partial charge in [0.1, 0.15) is 11.3 Å². The second-order valence-corrected chi connectivity index (χ2v) is 8.45. The Morgan fingerprint density at radius 2 is 1.71 bits per heavy atom. The lowest BCUT2D eigenvalue weighted by atomic mass is 10.1. The normalized spacial score (nSPS) is 14.5. The number of rotatable bonds is 3. The minimum absolute atomic E-state index is 0.0598. The zero-order valence-corrected chi connectivity index (χ0v) is 18.0. The third-order valence-corrected chi connectivity index (χ3v) is 6.28. The van der Waals surface area contributed by atoms with Crippen LogP contribution in [0.3, 0.4) is 0 Å². The SMILES string of the molecule is COc1cccc2c1ncc1c(=O)n(-c3cc(C)cc(C)c3)c(=O)n(C3CCCC3)c12.